The molecule has 0 aliphatic carbocycles. The van der Waals surface area contributed by atoms with Gasteiger partial charge in [-0.3, -0.25) is 4.90 Å². The van der Waals surface area contributed by atoms with Gasteiger partial charge < -0.3 is 10.3 Å². The molecule has 0 bridgehead atoms. The van der Waals surface area contributed by atoms with Crippen molar-refractivity contribution < 1.29 is 19.4 Å². The van der Waals surface area contributed by atoms with Gasteiger partial charge in [-0.05, 0) is 31.9 Å². The maximum atomic E-state index is 12.5. The number of imide groups is 1. The molecule has 2 fully saturated rings. The Morgan fingerprint density at radius 2 is 2.05 bits per heavy atom. The number of urea groups is 1. The zero-order valence-corrected chi connectivity index (χ0v) is 11.9. The van der Waals surface area contributed by atoms with Crippen LogP contribution in [0.3, 0.4) is 0 Å². The Kier molecular flexibility index (Phi) is 4.10. The lowest BCUT2D eigenvalue weighted by molar-refractivity contribution is -0.592. The van der Waals surface area contributed by atoms with Gasteiger partial charge in [0.2, 0.25) is 0 Å². The van der Waals surface area contributed by atoms with Crippen molar-refractivity contribution in [2.45, 2.75) is 46.3 Å². The molecule has 2 aliphatic rings. The molecule has 2 saturated heterocycles. The van der Waals surface area contributed by atoms with Gasteiger partial charge in [0.15, 0.2) is 0 Å². The smallest absolute Gasteiger partial charge is 0.419 e. The van der Waals surface area contributed by atoms with E-state index in [2.05, 4.69) is 0 Å². The van der Waals surface area contributed by atoms with E-state index in [9.17, 15) is 19.9 Å². The molecular formula is C15H21N3O4. The molecular weight excluding hydrogens is 286 g/mol. The van der Waals surface area contributed by atoms with Crippen molar-refractivity contribution in [3.8, 4) is 0 Å². The average molecular weight is 307 g/mol. The Balaban J connectivity index is 0.00000176. The summed E-state index contributed by atoms with van der Waals surface area (Å²) in [5.74, 6) is -0.380. The molecule has 2 aliphatic heterocycles. The number of amides is 3. The van der Waals surface area contributed by atoms with Crippen LogP contribution in [-0.4, -0.2) is 40.6 Å². The molecule has 1 aromatic heterocycles. The molecule has 120 valence electrons. The standard InChI is InChI=1S/C14H17N3O4.CH4/c1-8-5-9(2)12(16(21)7-8)17-13(19)11-6-10(18)3-4-15(11)14(17)20;/h5,7,10-11,18H,3-4,6H2,1-2H3;1H4. The van der Waals surface area contributed by atoms with E-state index >= 15 is 0 Å². The molecule has 22 heavy (non-hydrogen) atoms. The van der Waals surface area contributed by atoms with E-state index in [0.717, 1.165) is 10.5 Å². The number of carbonyl (C=O) groups excluding carboxylic acids is 2. The van der Waals surface area contributed by atoms with Crippen molar-refractivity contribution in [3.05, 3.63) is 28.6 Å². The third-order valence-corrected chi connectivity index (χ3v) is 4.06. The van der Waals surface area contributed by atoms with E-state index in [1.807, 2.05) is 0 Å². The van der Waals surface area contributed by atoms with Crippen molar-refractivity contribution in [2.75, 3.05) is 11.4 Å². The normalized spacial score (nSPS) is 24.3. The maximum absolute atomic E-state index is 12.5. The van der Waals surface area contributed by atoms with Crippen LogP contribution in [0.5, 0.6) is 0 Å². The third kappa shape index (κ3) is 2.31. The number of hydrogen-bond donors (Lipinski definition) is 1. The van der Waals surface area contributed by atoms with Gasteiger partial charge >= 0.3 is 11.9 Å². The maximum Gasteiger partial charge on any atom is 0.419 e. The summed E-state index contributed by atoms with van der Waals surface area (Å²) < 4.78 is 0.565. The first-order chi connectivity index (χ1) is 9.90. The van der Waals surface area contributed by atoms with Gasteiger partial charge in [-0.2, -0.15) is 0 Å². The van der Waals surface area contributed by atoms with Crippen molar-refractivity contribution in [2.24, 2.45) is 0 Å². The van der Waals surface area contributed by atoms with Crippen LogP contribution in [0.1, 0.15) is 31.4 Å². The minimum atomic E-state index is -0.665. The fourth-order valence-corrected chi connectivity index (χ4v) is 3.11. The highest BCUT2D eigenvalue weighted by atomic mass is 16.5. The summed E-state index contributed by atoms with van der Waals surface area (Å²) in [6, 6.07) is 0.617. The van der Waals surface area contributed by atoms with Crippen molar-refractivity contribution in [3.63, 3.8) is 0 Å². The van der Waals surface area contributed by atoms with Gasteiger partial charge in [0.05, 0.1) is 12.3 Å². The van der Waals surface area contributed by atoms with Crippen LogP contribution in [0.15, 0.2) is 12.3 Å². The van der Waals surface area contributed by atoms with E-state index in [0.29, 0.717) is 23.3 Å². The zero-order chi connectivity index (χ0) is 15.3. The van der Waals surface area contributed by atoms with E-state index in [1.165, 1.54) is 11.1 Å². The number of aliphatic hydroxyl groups is 1. The number of fused-ring (bicyclic) bond motifs is 1. The van der Waals surface area contributed by atoms with Crippen LogP contribution in [0.4, 0.5) is 10.6 Å². The molecule has 7 nitrogen and oxygen atoms in total. The quantitative estimate of drug-likeness (QED) is 0.473. The zero-order valence-electron chi connectivity index (χ0n) is 11.9. The summed E-state index contributed by atoms with van der Waals surface area (Å²) >= 11 is 0. The number of rotatable bonds is 1. The van der Waals surface area contributed by atoms with E-state index < -0.39 is 24.1 Å². The van der Waals surface area contributed by atoms with Crippen molar-refractivity contribution >= 4 is 17.8 Å². The molecule has 0 radical (unpaired) electrons. The fraction of sp³-hybridized carbons (Fsp3) is 0.533. The second-order valence-corrected chi connectivity index (χ2v) is 5.69. The molecule has 0 saturated carbocycles. The minimum Gasteiger partial charge on any atom is -0.711 e. The summed E-state index contributed by atoms with van der Waals surface area (Å²) in [7, 11) is 0. The van der Waals surface area contributed by atoms with Crippen molar-refractivity contribution in [1.82, 2.24) is 4.90 Å². The number of pyridine rings is 1. The molecule has 7 heteroatoms. The average Bonchev–Trinajstić information content (AvgIpc) is 2.62. The molecule has 3 heterocycles. The van der Waals surface area contributed by atoms with Gasteiger partial charge in [0.1, 0.15) is 6.04 Å². The topological polar surface area (TPSA) is 87.8 Å². The Hall–Kier alpha value is -2.15. The van der Waals surface area contributed by atoms with Gasteiger partial charge in [-0.15, -0.1) is 4.90 Å². The van der Waals surface area contributed by atoms with E-state index in [-0.39, 0.29) is 19.7 Å². The number of carbonyl (C=O) groups is 2. The fourth-order valence-electron chi connectivity index (χ4n) is 3.11. The van der Waals surface area contributed by atoms with Gasteiger partial charge in [0, 0.05) is 18.5 Å². The summed E-state index contributed by atoms with van der Waals surface area (Å²) in [5.41, 5.74) is 1.34. The molecule has 0 aromatic carbocycles. The molecule has 3 rings (SSSR count). The monoisotopic (exact) mass is 307 g/mol. The van der Waals surface area contributed by atoms with Crippen LogP contribution in [0.25, 0.3) is 0 Å². The molecule has 3 amide bonds. The van der Waals surface area contributed by atoms with Gasteiger partial charge in [-0.25, -0.2) is 14.3 Å². The first-order valence-corrected chi connectivity index (χ1v) is 6.93. The van der Waals surface area contributed by atoms with Crippen molar-refractivity contribution in [1.29, 1.82) is 0 Å². The highest BCUT2D eigenvalue weighted by Crippen LogP contribution is 2.30. The largest absolute Gasteiger partial charge is 0.711 e. The van der Waals surface area contributed by atoms with E-state index in [1.54, 1.807) is 19.9 Å². The summed E-state index contributed by atoms with van der Waals surface area (Å²) in [5, 5.41) is 21.8. The summed E-state index contributed by atoms with van der Waals surface area (Å²) in [4.78, 5) is 27.3. The Labute approximate surface area is 129 Å². The van der Waals surface area contributed by atoms with Crippen LogP contribution in [-0.2, 0) is 4.79 Å². The van der Waals surface area contributed by atoms with E-state index in [4.69, 9.17) is 0 Å². The molecule has 1 N–H and O–H groups in total. The number of nitrogens with zero attached hydrogens (tertiary/aromatic N) is 3. The predicted octanol–water partition coefficient (Wildman–Crippen LogP) is 0.865. The SMILES string of the molecule is C.Cc1cc(C)c(N2C(=O)C3CC(O)CCN3C2=O)[n+]([O-])c1. The Morgan fingerprint density at radius 3 is 2.68 bits per heavy atom. The highest BCUT2D eigenvalue weighted by molar-refractivity contribution is 6.20. The number of piperidine rings is 1. The Bertz CT molecular complexity index is 608. The van der Waals surface area contributed by atoms with Crippen LogP contribution >= 0.6 is 0 Å². The number of aryl methyl sites for hydroxylation is 2. The van der Waals surface area contributed by atoms with Crippen LogP contribution in [0.2, 0.25) is 0 Å². The predicted molar refractivity (Wildman–Crippen MR) is 80.2 cm³/mol. The second kappa shape index (κ2) is 5.57. The third-order valence-electron chi connectivity index (χ3n) is 4.06. The van der Waals surface area contributed by atoms with Crippen LogP contribution in [0, 0.1) is 19.1 Å². The number of anilines is 1. The lowest BCUT2D eigenvalue weighted by Crippen LogP contribution is -2.44. The second-order valence-electron chi connectivity index (χ2n) is 5.69. The van der Waals surface area contributed by atoms with Gasteiger partial charge in [-0.1, -0.05) is 7.43 Å². The first-order valence-electron chi connectivity index (χ1n) is 6.93. The molecule has 1 aromatic rings. The van der Waals surface area contributed by atoms with Gasteiger partial charge in [0.25, 0.3) is 5.82 Å². The number of aromatic nitrogens is 1. The minimum absolute atomic E-state index is 0. The lowest BCUT2D eigenvalue weighted by atomic mass is 10.0. The Morgan fingerprint density at radius 1 is 1.36 bits per heavy atom. The summed E-state index contributed by atoms with van der Waals surface area (Å²) in [6.07, 6.45) is 1.44. The lowest BCUT2D eigenvalue weighted by Gasteiger charge is -2.27. The molecule has 0 spiro atoms. The highest BCUT2D eigenvalue weighted by Gasteiger charge is 2.55. The molecule has 2 atom stereocenters. The number of hydrogen-bond acceptors (Lipinski definition) is 4. The first kappa shape index (κ1) is 16.2. The summed E-state index contributed by atoms with van der Waals surface area (Å²) in [6.45, 7) is 3.80. The molecule has 2 unspecified atom stereocenters. The number of aliphatic hydroxyl groups excluding tert-OH is 1. The van der Waals surface area contributed by atoms with Crippen LogP contribution < -0.4 is 9.63 Å².